The molecule has 5 nitrogen and oxygen atoms in total. The molecule has 21 heavy (non-hydrogen) atoms. The molecule has 0 bridgehead atoms. The average Bonchev–Trinajstić information content (AvgIpc) is 2.49. The minimum Gasteiger partial charge on any atom is -0.465 e. The molecule has 0 aromatic heterocycles. The number of hydrogen-bond donors (Lipinski definition) is 2. The number of anilines is 1. The predicted octanol–water partition coefficient (Wildman–Crippen LogP) is 2.07. The second-order valence-corrected chi connectivity index (χ2v) is 5.29. The van der Waals surface area contributed by atoms with E-state index in [0.717, 1.165) is 31.7 Å². The van der Waals surface area contributed by atoms with E-state index in [1.165, 1.54) is 19.2 Å². The Kier molecular flexibility index (Phi) is 4.90. The van der Waals surface area contributed by atoms with Gasteiger partial charge in [-0.15, -0.1) is 0 Å². The van der Waals surface area contributed by atoms with E-state index in [0.29, 0.717) is 5.69 Å². The quantitative estimate of drug-likeness (QED) is 0.836. The van der Waals surface area contributed by atoms with Gasteiger partial charge in [0.25, 0.3) is 0 Å². The Bertz CT molecular complexity index is 540. The van der Waals surface area contributed by atoms with Gasteiger partial charge < -0.3 is 15.8 Å². The topological polar surface area (TPSA) is 81.4 Å². The third-order valence-corrected chi connectivity index (χ3v) is 3.78. The van der Waals surface area contributed by atoms with Crippen molar-refractivity contribution in [2.45, 2.75) is 31.7 Å². The summed E-state index contributed by atoms with van der Waals surface area (Å²) in [7, 11) is 1.18. The maximum Gasteiger partial charge on any atom is 0.340 e. The molecule has 0 unspecified atom stereocenters. The smallest absolute Gasteiger partial charge is 0.340 e. The molecule has 3 N–H and O–H groups in total. The number of benzene rings is 1. The maximum atomic E-state index is 13.5. The molecule has 1 saturated carbocycles. The van der Waals surface area contributed by atoms with Gasteiger partial charge >= 0.3 is 5.97 Å². The second kappa shape index (κ2) is 6.67. The van der Waals surface area contributed by atoms with Crippen LogP contribution in [-0.4, -0.2) is 25.0 Å². The van der Waals surface area contributed by atoms with E-state index in [9.17, 15) is 14.0 Å². The second-order valence-electron chi connectivity index (χ2n) is 5.29. The summed E-state index contributed by atoms with van der Waals surface area (Å²) in [6, 6.07) is 4.02. The summed E-state index contributed by atoms with van der Waals surface area (Å²) in [6.45, 7) is 0. The molecule has 0 heterocycles. The minimum atomic E-state index is -0.771. The van der Waals surface area contributed by atoms with Crippen molar-refractivity contribution in [3.8, 4) is 0 Å². The van der Waals surface area contributed by atoms with Crippen molar-refractivity contribution in [2.24, 2.45) is 11.7 Å². The SMILES string of the molecule is COC(=O)c1cc(NC(=O)C2CCC(N)CC2)ccc1F. The number of nitrogens with two attached hydrogens (primary N) is 1. The van der Waals surface area contributed by atoms with Crippen LogP contribution in [0.3, 0.4) is 0 Å². The van der Waals surface area contributed by atoms with E-state index in [-0.39, 0.29) is 23.4 Å². The third-order valence-electron chi connectivity index (χ3n) is 3.78. The number of rotatable bonds is 3. The van der Waals surface area contributed by atoms with Crippen LogP contribution in [-0.2, 0) is 9.53 Å². The summed E-state index contributed by atoms with van der Waals surface area (Å²) in [4.78, 5) is 23.6. The molecule has 1 aliphatic carbocycles. The first-order valence-electron chi connectivity index (χ1n) is 6.95. The van der Waals surface area contributed by atoms with Crippen LogP contribution < -0.4 is 11.1 Å². The highest BCUT2D eigenvalue weighted by molar-refractivity contribution is 5.95. The Morgan fingerprint density at radius 2 is 1.95 bits per heavy atom. The molecule has 1 aromatic carbocycles. The fourth-order valence-corrected chi connectivity index (χ4v) is 2.50. The zero-order chi connectivity index (χ0) is 15.4. The number of amides is 1. The van der Waals surface area contributed by atoms with E-state index >= 15 is 0 Å². The van der Waals surface area contributed by atoms with Gasteiger partial charge in [-0.1, -0.05) is 0 Å². The van der Waals surface area contributed by atoms with Crippen molar-refractivity contribution in [1.29, 1.82) is 0 Å². The number of halogens is 1. The molecule has 0 radical (unpaired) electrons. The van der Waals surface area contributed by atoms with Crippen LogP contribution in [0.2, 0.25) is 0 Å². The normalized spacial score (nSPS) is 21.7. The Morgan fingerprint density at radius 3 is 2.57 bits per heavy atom. The van der Waals surface area contributed by atoms with Crippen molar-refractivity contribution in [1.82, 2.24) is 0 Å². The number of carbonyl (C=O) groups is 2. The monoisotopic (exact) mass is 294 g/mol. The minimum absolute atomic E-state index is 0.0866. The first-order valence-corrected chi connectivity index (χ1v) is 6.95. The lowest BCUT2D eigenvalue weighted by Crippen LogP contribution is -2.32. The van der Waals surface area contributed by atoms with Gasteiger partial charge in [0, 0.05) is 17.6 Å². The number of hydrogen-bond acceptors (Lipinski definition) is 4. The highest BCUT2D eigenvalue weighted by atomic mass is 19.1. The molecule has 1 aromatic rings. The highest BCUT2D eigenvalue weighted by Crippen LogP contribution is 2.25. The first kappa shape index (κ1) is 15.4. The summed E-state index contributed by atoms with van der Waals surface area (Å²) in [5.74, 6) is -1.66. The lowest BCUT2D eigenvalue weighted by molar-refractivity contribution is -0.120. The van der Waals surface area contributed by atoms with Crippen LogP contribution in [0.4, 0.5) is 10.1 Å². The molecule has 1 amide bonds. The van der Waals surface area contributed by atoms with Gasteiger partial charge in [-0.05, 0) is 43.9 Å². The van der Waals surface area contributed by atoms with Crippen LogP contribution in [0, 0.1) is 11.7 Å². The first-order chi connectivity index (χ1) is 10.0. The molecule has 0 aliphatic heterocycles. The zero-order valence-corrected chi connectivity index (χ0v) is 11.9. The van der Waals surface area contributed by atoms with E-state index in [2.05, 4.69) is 10.1 Å². The van der Waals surface area contributed by atoms with Crippen LogP contribution in [0.25, 0.3) is 0 Å². The number of ether oxygens (including phenoxy) is 1. The van der Waals surface area contributed by atoms with Gasteiger partial charge in [0.2, 0.25) is 5.91 Å². The van der Waals surface area contributed by atoms with Crippen LogP contribution >= 0.6 is 0 Å². The molecule has 2 rings (SSSR count). The zero-order valence-electron chi connectivity index (χ0n) is 11.9. The lowest BCUT2D eigenvalue weighted by atomic mass is 9.86. The maximum absolute atomic E-state index is 13.5. The van der Waals surface area contributed by atoms with Crippen molar-refractivity contribution < 1.29 is 18.7 Å². The van der Waals surface area contributed by atoms with Crippen molar-refractivity contribution >= 4 is 17.6 Å². The van der Waals surface area contributed by atoms with E-state index in [4.69, 9.17) is 5.73 Å². The molecule has 6 heteroatoms. The van der Waals surface area contributed by atoms with E-state index in [1.807, 2.05) is 0 Å². The molecule has 0 spiro atoms. The fraction of sp³-hybridized carbons (Fsp3) is 0.467. The van der Waals surface area contributed by atoms with Gasteiger partial charge in [0.15, 0.2) is 0 Å². The summed E-state index contributed by atoms with van der Waals surface area (Å²) in [6.07, 6.45) is 3.15. The number of esters is 1. The number of methoxy groups -OCH3 is 1. The number of nitrogens with one attached hydrogen (secondary N) is 1. The average molecular weight is 294 g/mol. The van der Waals surface area contributed by atoms with Crippen molar-refractivity contribution in [3.63, 3.8) is 0 Å². The largest absolute Gasteiger partial charge is 0.465 e. The number of carbonyl (C=O) groups excluding carboxylic acids is 2. The Balaban J connectivity index is 2.05. The standard InChI is InChI=1S/C15H19FN2O3/c1-21-15(20)12-8-11(6-7-13(12)16)18-14(19)9-2-4-10(17)5-3-9/h6-10H,2-5,17H2,1H3,(H,18,19). The van der Waals surface area contributed by atoms with Gasteiger partial charge in [-0.3, -0.25) is 4.79 Å². The van der Waals surface area contributed by atoms with Crippen LogP contribution in [0.15, 0.2) is 18.2 Å². The summed E-state index contributed by atoms with van der Waals surface area (Å²) in [5, 5.41) is 2.72. The van der Waals surface area contributed by atoms with Gasteiger partial charge in [0.05, 0.1) is 12.7 Å². The Hall–Kier alpha value is -1.95. The van der Waals surface area contributed by atoms with Gasteiger partial charge in [-0.25, -0.2) is 9.18 Å². The van der Waals surface area contributed by atoms with Crippen LogP contribution in [0.5, 0.6) is 0 Å². The Labute approximate surface area is 122 Å². The molecule has 114 valence electrons. The summed E-state index contributed by atoms with van der Waals surface area (Å²) in [5.41, 5.74) is 6.00. The summed E-state index contributed by atoms with van der Waals surface area (Å²) < 4.78 is 18.0. The fourth-order valence-electron chi connectivity index (χ4n) is 2.50. The van der Waals surface area contributed by atoms with Crippen molar-refractivity contribution in [2.75, 3.05) is 12.4 Å². The molecule has 0 saturated heterocycles. The van der Waals surface area contributed by atoms with Crippen LogP contribution in [0.1, 0.15) is 36.0 Å². The van der Waals surface area contributed by atoms with Crippen molar-refractivity contribution in [3.05, 3.63) is 29.6 Å². The van der Waals surface area contributed by atoms with E-state index < -0.39 is 11.8 Å². The molecule has 1 aliphatic rings. The summed E-state index contributed by atoms with van der Waals surface area (Å²) >= 11 is 0. The molecule has 1 fully saturated rings. The molecule has 0 atom stereocenters. The molecular weight excluding hydrogens is 275 g/mol. The van der Waals surface area contributed by atoms with Gasteiger partial charge in [-0.2, -0.15) is 0 Å². The van der Waals surface area contributed by atoms with E-state index in [1.54, 1.807) is 0 Å². The Morgan fingerprint density at radius 1 is 1.29 bits per heavy atom. The third kappa shape index (κ3) is 3.78. The lowest BCUT2D eigenvalue weighted by Gasteiger charge is -2.25. The predicted molar refractivity (Wildman–Crippen MR) is 76.3 cm³/mol. The molecular formula is C15H19FN2O3. The highest BCUT2D eigenvalue weighted by Gasteiger charge is 2.25. The van der Waals surface area contributed by atoms with Gasteiger partial charge in [0.1, 0.15) is 5.82 Å².